The van der Waals surface area contributed by atoms with E-state index in [1.807, 2.05) is 6.07 Å². The summed E-state index contributed by atoms with van der Waals surface area (Å²) in [5, 5.41) is 2.86. The van der Waals surface area contributed by atoms with Gasteiger partial charge in [-0.15, -0.1) is 0 Å². The topological polar surface area (TPSA) is 79.5 Å². The van der Waals surface area contributed by atoms with Crippen molar-refractivity contribution >= 4 is 56.7 Å². The number of hydrogen-bond donors (Lipinski definition) is 3. The minimum absolute atomic E-state index is 0.0443. The van der Waals surface area contributed by atoms with Crippen LogP contribution in [-0.2, 0) is 10.2 Å². The highest BCUT2D eigenvalue weighted by atomic mass is 79.9. The standard InChI is InChI=1S/C20H21BrClN3O3S/c1-20(2,3)13-9-8-12(10-14(13)21)18(27)23-19(29)25-24-17(26)11-28-16-7-5-4-6-15(16)22/h4-10H,11H2,1-3H3,(H,24,26)(H2,23,25,27,29). The molecule has 29 heavy (non-hydrogen) atoms. The highest BCUT2D eigenvalue weighted by Crippen LogP contribution is 2.30. The van der Waals surface area contributed by atoms with E-state index in [1.165, 1.54) is 0 Å². The van der Waals surface area contributed by atoms with Gasteiger partial charge >= 0.3 is 0 Å². The minimum Gasteiger partial charge on any atom is -0.482 e. The highest BCUT2D eigenvalue weighted by molar-refractivity contribution is 9.10. The first-order valence-electron chi connectivity index (χ1n) is 8.65. The Bertz CT molecular complexity index is 931. The molecule has 0 unspecified atom stereocenters. The van der Waals surface area contributed by atoms with Crippen molar-refractivity contribution in [3.05, 3.63) is 63.1 Å². The van der Waals surface area contributed by atoms with Crippen LogP contribution in [-0.4, -0.2) is 23.5 Å². The van der Waals surface area contributed by atoms with Gasteiger partial charge in [-0.3, -0.25) is 25.8 Å². The maximum absolute atomic E-state index is 12.3. The molecular weight excluding hydrogens is 478 g/mol. The van der Waals surface area contributed by atoms with E-state index < -0.39 is 11.8 Å². The fourth-order valence-corrected chi connectivity index (χ4v) is 3.65. The molecule has 6 nitrogen and oxygen atoms in total. The molecule has 0 aromatic heterocycles. The first kappa shape index (κ1) is 23.1. The molecule has 154 valence electrons. The van der Waals surface area contributed by atoms with Crippen LogP contribution in [0.2, 0.25) is 5.02 Å². The maximum Gasteiger partial charge on any atom is 0.276 e. The van der Waals surface area contributed by atoms with Crippen molar-refractivity contribution in [3.63, 3.8) is 0 Å². The number of hydrogen-bond acceptors (Lipinski definition) is 4. The van der Waals surface area contributed by atoms with E-state index in [9.17, 15) is 9.59 Å². The predicted octanol–water partition coefficient (Wildman–Crippen LogP) is 4.11. The van der Waals surface area contributed by atoms with Crippen LogP contribution in [0.15, 0.2) is 46.9 Å². The molecule has 3 N–H and O–H groups in total. The summed E-state index contributed by atoms with van der Waals surface area (Å²) >= 11 is 14.5. The number of benzene rings is 2. The summed E-state index contributed by atoms with van der Waals surface area (Å²) in [6.45, 7) is 5.99. The molecular formula is C20H21BrClN3O3S. The largest absolute Gasteiger partial charge is 0.482 e. The summed E-state index contributed by atoms with van der Waals surface area (Å²) in [6, 6.07) is 12.2. The molecule has 2 aromatic carbocycles. The van der Waals surface area contributed by atoms with Crippen LogP contribution < -0.4 is 20.9 Å². The van der Waals surface area contributed by atoms with Crippen molar-refractivity contribution < 1.29 is 14.3 Å². The van der Waals surface area contributed by atoms with Gasteiger partial charge in [-0.05, 0) is 47.5 Å². The fraction of sp³-hybridized carbons (Fsp3) is 0.250. The summed E-state index contributed by atoms with van der Waals surface area (Å²) in [5.74, 6) is -0.492. The normalized spacial score (nSPS) is 10.8. The molecule has 0 aliphatic heterocycles. The van der Waals surface area contributed by atoms with Gasteiger partial charge in [0, 0.05) is 10.0 Å². The lowest BCUT2D eigenvalue weighted by Crippen LogP contribution is -2.49. The van der Waals surface area contributed by atoms with Gasteiger partial charge in [0.15, 0.2) is 11.7 Å². The number of para-hydroxylation sites is 1. The number of hydrazine groups is 1. The van der Waals surface area contributed by atoms with Gasteiger partial charge in [-0.2, -0.15) is 0 Å². The van der Waals surface area contributed by atoms with E-state index in [0.29, 0.717) is 16.3 Å². The van der Waals surface area contributed by atoms with Crippen molar-refractivity contribution in [1.82, 2.24) is 16.2 Å². The summed E-state index contributed by atoms with van der Waals surface area (Å²) < 4.78 is 6.15. The molecule has 2 amide bonds. The van der Waals surface area contributed by atoms with Crippen molar-refractivity contribution in [1.29, 1.82) is 0 Å². The van der Waals surface area contributed by atoms with Crippen molar-refractivity contribution in [2.75, 3.05) is 6.61 Å². The Hall–Kier alpha value is -2.16. The number of halogens is 2. The van der Waals surface area contributed by atoms with Crippen LogP contribution in [0.1, 0.15) is 36.7 Å². The van der Waals surface area contributed by atoms with Crippen LogP contribution in [0.5, 0.6) is 5.75 Å². The van der Waals surface area contributed by atoms with Crippen molar-refractivity contribution in [3.8, 4) is 5.75 Å². The third-order valence-electron chi connectivity index (χ3n) is 3.78. The second-order valence-electron chi connectivity index (χ2n) is 7.12. The van der Waals surface area contributed by atoms with E-state index in [2.05, 4.69) is 52.9 Å². The third-order valence-corrected chi connectivity index (χ3v) is 4.95. The molecule has 0 bridgehead atoms. The molecule has 9 heteroatoms. The van der Waals surface area contributed by atoms with Gasteiger partial charge in [0.1, 0.15) is 5.75 Å². The average Bonchev–Trinajstić information content (AvgIpc) is 2.64. The lowest BCUT2D eigenvalue weighted by atomic mass is 9.86. The quantitative estimate of drug-likeness (QED) is 0.437. The van der Waals surface area contributed by atoms with E-state index in [-0.39, 0.29) is 17.1 Å². The Labute approximate surface area is 188 Å². The monoisotopic (exact) mass is 497 g/mol. The first-order chi connectivity index (χ1) is 13.6. The van der Waals surface area contributed by atoms with E-state index in [0.717, 1.165) is 10.0 Å². The van der Waals surface area contributed by atoms with E-state index >= 15 is 0 Å². The summed E-state index contributed by atoms with van der Waals surface area (Å²) in [6.07, 6.45) is 0. The number of rotatable bonds is 4. The Morgan fingerprint density at radius 3 is 2.45 bits per heavy atom. The number of amides is 2. The SMILES string of the molecule is CC(C)(C)c1ccc(C(=O)NC(=S)NNC(=O)COc2ccccc2Cl)cc1Br. The van der Waals surface area contributed by atoms with Crippen LogP contribution in [0.25, 0.3) is 0 Å². The molecule has 0 aliphatic rings. The van der Waals surface area contributed by atoms with Crippen LogP contribution in [0.3, 0.4) is 0 Å². The molecule has 2 aromatic rings. The highest BCUT2D eigenvalue weighted by Gasteiger charge is 2.18. The number of nitrogens with one attached hydrogen (secondary N) is 3. The number of ether oxygens (including phenoxy) is 1. The second-order valence-corrected chi connectivity index (χ2v) is 8.79. The zero-order valence-electron chi connectivity index (χ0n) is 16.1. The molecule has 0 aliphatic carbocycles. The zero-order valence-corrected chi connectivity index (χ0v) is 19.3. The zero-order chi connectivity index (χ0) is 21.6. The van der Waals surface area contributed by atoms with Crippen LogP contribution >= 0.6 is 39.7 Å². The summed E-state index contributed by atoms with van der Waals surface area (Å²) in [5.41, 5.74) is 6.27. The molecule has 0 heterocycles. The third kappa shape index (κ3) is 6.99. The Morgan fingerprint density at radius 2 is 1.83 bits per heavy atom. The Kier molecular flexibility index (Phi) is 8.01. The fourth-order valence-electron chi connectivity index (χ4n) is 2.34. The Morgan fingerprint density at radius 1 is 1.14 bits per heavy atom. The predicted molar refractivity (Wildman–Crippen MR) is 121 cm³/mol. The lowest BCUT2D eigenvalue weighted by molar-refractivity contribution is -0.123. The molecule has 0 fully saturated rings. The molecule has 0 radical (unpaired) electrons. The molecule has 0 spiro atoms. The number of carbonyl (C=O) groups excluding carboxylic acids is 2. The molecule has 2 rings (SSSR count). The Balaban J connectivity index is 1.83. The van der Waals surface area contributed by atoms with Crippen molar-refractivity contribution in [2.45, 2.75) is 26.2 Å². The van der Waals surface area contributed by atoms with Crippen LogP contribution in [0.4, 0.5) is 0 Å². The van der Waals surface area contributed by atoms with Gasteiger partial charge < -0.3 is 4.74 Å². The van der Waals surface area contributed by atoms with Gasteiger partial charge in [-0.1, -0.05) is 66.5 Å². The van der Waals surface area contributed by atoms with E-state index in [1.54, 1.807) is 36.4 Å². The molecule has 0 saturated carbocycles. The van der Waals surface area contributed by atoms with Crippen LogP contribution in [0, 0.1) is 0 Å². The number of carbonyl (C=O) groups is 2. The van der Waals surface area contributed by atoms with Gasteiger partial charge in [0.2, 0.25) is 0 Å². The summed E-state index contributed by atoms with van der Waals surface area (Å²) in [7, 11) is 0. The molecule has 0 saturated heterocycles. The lowest BCUT2D eigenvalue weighted by Gasteiger charge is -2.21. The van der Waals surface area contributed by atoms with E-state index in [4.69, 9.17) is 28.6 Å². The minimum atomic E-state index is -0.487. The van der Waals surface area contributed by atoms with Gasteiger partial charge in [0.25, 0.3) is 11.8 Å². The average molecular weight is 499 g/mol. The van der Waals surface area contributed by atoms with Crippen molar-refractivity contribution in [2.24, 2.45) is 0 Å². The second kappa shape index (κ2) is 10.0. The molecule has 0 atom stereocenters. The van der Waals surface area contributed by atoms with Gasteiger partial charge in [0.05, 0.1) is 5.02 Å². The first-order valence-corrected chi connectivity index (χ1v) is 10.2. The van der Waals surface area contributed by atoms with Gasteiger partial charge in [-0.25, -0.2) is 0 Å². The number of thiocarbonyl (C=S) groups is 1. The summed E-state index contributed by atoms with van der Waals surface area (Å²) in [4.78, 5) is 24.2. The maximum atomic E-state index is 12.3. The smallest absolute Gasteiger partial charge is 0.276 e.